The largest absolute Gasteiger partial charge is 0.497 e. The number of benzene rings is 1. The molecule has 1 fully saturated rings. The number of rotatable bonds is 3. The lowest BCUT2D eigenvalue weighted by molar-refractivity contribution is -0.0777. The normalized spacial score (nSPS) is 27.9. The van der Waals surface area contributed by atoms with Gasteiger partial charge in [-0.25, -0.2) is 0 Å². The maximum atomic E-state index is 6.06. The zero-order valence-corrected chi connectivity index (χ0v) is 11.2. The topological polar surface area (TPSA) is 53.7 Å². The third-order valence-electron chi connectivity index (χ3n) is 3.54. The second-order valence-corrected chi connectivity index (χ2v) is 4.90. The Morgan fingerprint density at radius 2 is 2.11 bits per heavy atom. The number of hydrogen-bond acceptors (Lipinski definition) is 4. The fraction of sp³-hybridized carbons (Fsp3) is 0.571. The Morgan fingerprint density at radius 1 is 1.33 bits per heavy atom. The van der Waals surface area contributed by atoms with E-state index in [1.807, 2.05) is 18.2 Å². The molecule has 1 aliphatic heterocycles. The first-order chi connectivity index (χ1) is 8.59. The Balaban J connectivity index is 2.40. The van der Waals surface area contributed by atoms with Crippen molar-refractivity contribution in [1.82, 2.24) is 0 Å². The van der Waals surface area contributed by atoms with Crippen LogP contribution in [0.3, 0.4) is 0 Å². The Bertz CT molecular complexity index is 422. The van der Waals surface area contributed by atoms with Gasteiger partial charge in [0.05, 0.1) is 19.8 Å². The maximum absolute atomic E-state index is 6.06. The predicted molar refractivity (Wildman–Crippen MR) is 70.1 cm³/mol. The quantitative estimate of drug-likeness (QED) is 0.893. The molecule has 0 spiro atoms. The minimum Gasteiger partial charge on any atom is -0.497 e. The van der Waals surface area contributed by atoms with Crippen LogP contribution in [0.5, 0.6) is 11.5 Å². The van der Waals surface area contributed by atoms with E-state index in [1.54, 1.807) is 14.2 Å². The van der Waals surface area contributed by atoms with Crippen molar-refractivity contribution in [1.29, 1.82) is 0 Å². The van der Waals surface area contributed by atoms with Crippen molar-refractivity contribution in [3.05, 3.63) is 23.8 Å². The van der Waals surface area contributed by atoms with Crippen LogP contribution in [0.2, 0.25) is 0 Å². The van der Waals surface area contributed by atoms with Crippen LogP contribution in [0.25, 0.3) is 0 Å². The molecule has 2 rings (SSSR count). The highest BCUT2D eigenvalue weighted by atomic mass is 16.5. The lowest BCUT2D eigenvalue weighted by Gasteiger charge is -2.38. The molecule has 0 bridgehead atoms. The molecule has 2 unspecified atom stereocenters. The molecule has 4 heteroatoms. The van der Waals surface area contributed by atoms with Gasteiger partial charge in [-0.1, -0.05) is 0 Å². The van der Waals surface area contributed by atoms with Crippen LogP contribution in [-0.4, -0.2) is 26.9 Å². The molecule has 1 aromatic rings. The van der Waals surface area contributed by atoms with Gasteiger partial charge >= 0.3 is 0 Å². The SMILES string of the molecule is COc1ccc(OC)c(C2(C)CC(N)CCO2)c1. The van der Waals surface area contributed by atoms with Crippen LogP contribution in [0.1, 0.15) is 25.3 Å². The molecule has 100 valence electrons. The summed E-state index contributed by atoms with van der Waals surface area (Å²) >= 11 is 0. The van der Waals surface area contributed by atoms with Crippen LogP contribution < -0.4 is 15.2 Å². The predicted octanol–water partition coefficient (Wildman–Crippen LogP) is 2.06. The van der Waals surface area contributed by atoms with Crippen LogP contribution in [0.15, 0.2) is 18.2 Å². The summed E-state index contributed by atoms with van der Waals surface area (Å²) in [5.74, 6) is 1.61. The summed E-state index contributed by atoms with van der Waals surface area (Å²) in [5.41, 5.74) is 6.65. The summed E-state index contributed by atoms with van der Waals surface area (Å²) in [6.45, 7) is 2.74. The fourth-order valence-corrected chi connectivity index (χ4v) is 2.51. The summed E-state index contributed by atoms with van der Waals surface area (Å²) in [7, 11) is 3.32. The van der Waals surface area contributed by atoms with Crippen LogP contribution in [0.4, 0.5) is 0 Å². The smallest absolute Gasteiger partial charge is 0.125 e. The zero-order valence-electron chi connectivity index (χ0n) is 11.2. The Kier molecular flexibility index (Phi) is 3.78. The van der Waals surface area contributed by atoms with Gasteiger partial charge in [0.25, 0.3) is 0 Å². The molecule has 0 saturated carbocycles. The van der Waals surface area contributed by atoms with Crippen LogP contribution in [0, 0.1) is 0 Å². The second-order valence-electron chi connectivity index (χ2n) is 4.90. The van der Waals surface area contributed by atoms with Crippen molar-refractivity contribution in [2.24, 2.45) is 5.73 Å². The molecular formula is C14H21NO3. The fourth-order valence-electron chi connectivity index (χ4n) is 2.51. The molecule has 1 saturated heterocycles. The lowest BCUT2D eigenvalue weighted by Crippen LogP contribution is -2.41. The number of nitrogens with two attached hydrogens (primary N) is 1. The molecule has 1 aliphatic rings. The van der Waals surface area contributed by atoms with Crippen molar-refractivity contribution in [2.75, 3.05) is 20.8 Å². The maximum Gasteiger partial charge on any atom is 0.125 e. The van der Waals surface area contributed by atoms with Crippen molar-refractivity contribution >= 4 is 0 Å². The summed E-state index contributed by atoms with van der Waals surface area (Å²) in [5, 5.41) is 0. The summed E-state index contributed by atoms with van der Waals surface area (Å²) in [4.78, 5) is 0. The molecule has 2 N–H and O–H groups in total. The van der Waals surface area contributed by atoms with E-state index in [2.05, 4.69) is 6.92 Å². The van der Waals surface area contributed by atoms with E-state index in [4.69, 9.17) is 19.9 Å². The average molecular weight is 251 g/mol. The van der Waals surface area contributed by atoms with Gasteiger partial charge in [-0.05, 0) is 38.0 Å². The van der Waals surface area contributed by atoms with E-state index in [0.29, 0.717) is 6.61 Å². The van der Waals surface area contributed by atoms with Crippen LogP contribution in [-0.2, 0) is 10.3 Å². The zero-order chi connectivity index (χ0) is 13.2. The highest BCUT2D eigenvalue weighted by Gasteiger charge is 2.36. The van der Waals surface area contributed by atoms with Gasteiger partial charge in [0.15, 0.2) is 0 Å². The lowest BCUT2D eigenvalue weighted by atomic mass is 9.85. The third kappa shape index (κ3) is 2.44. The minimum absolute atomic E-state index is 0.166. The molecule has 0 radical (unpaired) electrons. The highest BCUT2D eigenvalue weighted by Crippen LogP contribution is 2.40. The van der Waals surface area contributed by atoms with E-state index in [9.17, 15) is 0 Å². The van der Waals surface area contributed by atoms with Crippen LogP contribution >= 0.6 is 0 Å². The van der Waals surface area contributed by atoms with Gasteiger partial charge in [-0.3, -0.25) is 0 Å². The van der Waals surface area contributed by atoms with Gasteiger partial charge in [0.1, 0.15) is 11.5 Å². The Labute approximate surface area is 108 Å². The molecule has 4 nitrogen and oxygen atoms in total. The first-order valence-electron chi connectivity index (χ1n) is 6.21. The first kappa shape index (κ1) is 13.2. The second kappa shape index (κ2) is 5.16. The van der Waals surface area contributed by atoms with E-state index in [0.717, 1.165) is 29.9 Å². The third-order valence-corrected chi connectivity index (χ3v) is 3.54. The van der Waals surface area contributed by atoms with Crippen molar-refractivity contribution in [3.63, 3.8) is 0 Å². The molecule has 1 aromatic carbocycles. The van der Waals surface area contributed by atoms with E-state index < -0.39 is 5.60 Å². The van der Waals surface area contributed by atoms with Gasteiger partial charge in [0, 0.05) is 18.2 Å². The Hall–Kier alpha value is -1.26. The van der Waals surface area contributed by atoms with Gasteiger partial charge in [-0.2, -0.15) is 0 Å². The first-order valence-corrected chi connectivity index (χ1v) is 6.21. The number of methoxy groups -OCH3 is 2. The summed E-state index contributed by atoms with van der Waals surface area (Å²) in [6.07, 6.45) is 1.69. The van der Waals surface area contributed by atoms with E-state index in [1.165, 1.54) is 0 Å². The minimum atomic E-state index is -0.405. The number of ether oxygens (including phenoxy) is 3. The molecule has 0 aliphatic carbocycles. The average Bonchev–Trinajstić information content (AvgIpc) is 2.37. The highest BCUT2D eigenvalue weighted by molar-refractivity contribution is 5.44. The van der Waals surface area contributed by atoms with E-state index >= 15 is 0 Å². The van der Waals surface area contributed by atoms with Gasteiger partial charge in [0.2, 0.25) is 0 Å². The molecule has 0 aromatic heterocycles. The van der Waals surface area contributed by atoms with E-state index in [-0.39, 0.29) is 6.04 Å². The molecule has 2 atom stereocenters. The molecule has 18 heavy (non-hydrogen) atoms. The summed E-state index contributed by atoms with van der Waals surface area (Å²) < 4.78 is 16.6. The van der Waals surface area contributed by atoms with Crippen molar-refractivity contribution in [2.45, 2.75) is 31.4 Å². The summed E-state index contributed by atoms with van der Waals surface area (Å²) in [6, 6.07) is 5.92. The van der Waals surface area contributed by atoms with Crippen molar-refractivity contribution in [3.8, 4) is 11.5 Å². The van der Waals surface area contributed by atoms with Crippen molar-refractivity contribution < 1.29 is 14.2 Å². The standard InChI is InChI=1S/C14H21NO3/c1-14(9-10(15)6-7-18-14)12-8-11(16-2)4-5-13(12)17-3/h4-5,8,10H,6-7,9,15H2,1-3H3. The number of hydrogen-bond donors (Lipinski definition) is 1. The molecule has 1 heterocycles. The monoisotopic (exact) mass is 251 g/mol. The molecule has 0 amide bonds. The molecular weight excluding hydrogens is 230 g/mol. The van der Waals surface area contributed by atoms with Gasteiger partial charge in [-0.15, -0.1) is 0 Å². The Morgan fingerprint density at radius 3 is 2.72 bits per heavy atom. The van der Waals surface area contributed by atoms with Gasteiger partial charge < -0.3 is 19.9 Å².